The fourth-order valence-electron chi connectivity index (χ4n) is 4.24. The lowest BCUT2D eigenvalue weighted by Crippen LogP contribution is -2.19. The number of benzene rings is 5. The Labute approximate surface area is 242 Å². The fraction of sp³-hybridized carbons (Fsp3) is 0.135. The summed E-state index contributed by atoms with van der Waals surface area (Å²) in [7, 11) is 0. The number of carbonyl (C=O) groups excluding carboxylic acids is 2. The van der Waals surface area contributed by atoms with Crippen molar-refractivity contribution in [1.29, 1.82) is 0 Å². The molecule has 2 unspecified atom stereocenters. The first-order valence-electron chi connectivity index (χ1n) is 13.7. The quantitative estimate of drug-likeness (QED) is 0.166. The molecule has 4 nitrogen and oxygen atoms in total. The van der Waals surface area contributed by atoms with Crippen LogP contribution in [0.25, 0.3) is 0 Å². The molecular formula is C37H34O4. The third-order valence-electron chi connectivity index (χ3n) is 6.20. The molecule has 0 fully saturated rings. The van der Waals surface area contributed by atoms with Crippen molar-refractivity contribution < 1.29 is 19.1 Å². The minimum atomic E-state index is -0.647. The lowest BCUT2D eigenvalue weighted by atomic mass is 9.99. The maximum atomic E-state index is 12.8. The van der Waals surface area contributed by atoms with E-state index in [1.54, 1.807) is 0 Å². The Morgan fingerprint density at radius 2 is 0.805 bits per heavy atom. The zero-order valence-electron chi connectivity index (χ0n) is 23.3. The molecule has 0 aliphatic carbocycles. The summed E-state index contributed by atoms with van der Waals surface area (Å²) in [5.41, 5.74) is 3.06. The smallest absolute Gasteiger partial charge is 0.207 e. The lowest BCUT2D eigenvalue weighted by Gasteiger charge is -2.19. The molecular weight excluding hydrogens is 508 g/mol. The van der Waals surface area contributed by atoms with Gasteiger partial charge in [0.25, 0.3) is 0 Å². The van der Waals surface area contributed by atoms with Crippen LogP contribution < -0.4 is 4.74 Å². The average Bonchev–Trinajstić information content (AvgIpc) is 3.04. The van der Waals surface area contributed by atoms with Gasteiger partial charge in [-0.05, 0) is 31.5 Å². The Morgan fingerprint density at radius 3 is 1.22 bits per heavy atom. The topological polar surface area (TPSA) is 52.6 Å². The van der Waals surface area contributed by atoms with Gasteiger partial charge in [-0.3, -0.25) is 9.59 Å². The maximum Gasteiger partial charge on any atom is 0.207 e. The van der Waals surface area contributed by atoms with E-state index in [4.69, 9.17) is 9.47 Å². The molecule has 0 aliphatic rings. The highest BCUT2D eigenvalue weighted by Crippen LogP contribution is 2.26. The van der Waals surface area contributed by atoms with Crippen LogP contribution in [0.3, 0.4) is 0 Å². The van der Waals surface area contributed by atoms with Gasteiger partial charge in [0, 0.05) is 16.7 Å². The summed E-state index contributed by atoms with van der Waals surface area (Å²) < 4.78 is 11.8. The molecule has 0 amide bonds. The molecule has 0 spiro atoms. The van der Waals surface area contributed by atoms with E-state index in [1.807, 2.05) is 166 Å². The van der Waals surface area contributed by atoms with Crippen molar-refractivity contribution in [3.05, 3.63) is 174 Å². The van der Waals surface area contributed by atoms with E-state index in [0.29, 0.717) is 16.9 Å². The van der Waals surface area contributed by atoms with Crippen molar-refractivity contribution in [2.24, 2.45) is 0 Å². The number of hydrogen-bond donors (Lipinski definition) is 0. The molecule has 206 valence electrons. The number of para-hydroxylation sites is 1. The van der Waals surface area contributed by atoms with Crippen LogP contribution in [-0.4, -0.2) is 17.7 Å². The Hall–Kier alpha value is -4.80. The normalized spacial score (nSPS) is 12.0. The van der Waals surface area contributed by atoms with Crippen molar-refractivity contribution in [2.75, 3.05) is 0 Å². The van der Waals surface area contributed by atoms with Gasteiger partial charge in [-0.25, -0.2) is 0 Å². The third kappa shape index (κ3) is 8.59. The zero-order valence-corrected chi connectivity index (χ0v) is 23.3. The van der Waals surface area contributed by atoms with Crippen molar-refractivity contribution >= 4 is 11.6 Å². The summed E-state index contributed by atoms with van der Waals surface area (Å²) in [6, 6.07) is 47.1. The van der Waals surface area contributed by atoms with Gasteiger partial charge in [-0.15, -0.1) is 0 Å². The lowest BCUT2D eigenvalue weighted by molar-refractivity contribution is 0.0114. The third-order valence-corrected chi connectivity index (χ3v) is 6.20. The first kappa shape index (κ1) is 29.2. The Bertz CT molecular complexity index is 1470. The molecule has 0 aliphatic heterocycles. The molecule has 5 rings (SSSR count). The fourth-order valence-corrected chi connectivity index (χ4v) is 4.24. The molecule has 0 saturated carbocycles. The van der Waals surface area contributed by atoms with Gasteiger partial charge < -0.3 is 9.47 Å². The minimum absolute atomic E-state index is 0.000463. The average molecular weight is 543 g/mol. The van der Waals surface area contributed by atoms with E-state index in [-0.39, 0.29) is 17.7 Å². The summed E-state index contributed by atoms with van der Waals surface area (Å²) >= 11 is 0. The number of ketones is 2. The maximum absolute atomic E-state index is 12.8. The predicted molar refractivity (Wildman–Crippen MR) is 163 cm³/mol. The monoisotopic (exact) mass is 542 g/mol. The largest absolute Gasteiger partial charge is 0.478 e. The van der Waals surface area contributed by atoms with Crippen LogP contribution in [-0.2, 0) is 4.74 Å². The van der Waals surface area contributed by atoms with E-state index >= 15 is 0 Å². The second-order valence-corrected chi connectivity index (χ2v) is 9.66. The standard InChI is InChI=1S/C20H16O2.C17H18O2/c21-19(16-10-4-1-5-11-16)20(17-12-6-2-7-13-17)22-18-14-8-3-9-15-18;1-13(2)19-17(15-11-7-4-8-12-15)16(18)14-9-5-3-6-10-14/h1-15,20H;3-13,17H,1-2H3. The number of rotatable bonds is 10. The van der Waals surface area contributed by atoms with Crippen molar-refractivity contribution in [2.45, 2.75) is 32.2 Å². The first-order chi connectivity index (χ1) is 20.0. The Balaban J connectivity index is 0.000000191. The highest BCUT2D eigenvalue weighted by Gasteiger charge is 2.24. The second-order valence-electron chi connectivity index (χ2n) is 9.66. The zero-order chi connectivity index (χ0) is 28.9. The molecule has 0 heterocycles. The van der Waals surface area contributed by atoms with Gasteiger partial charge in [0.15, 0.2) is 11.9 Å². The number of Topliss-reactive ketones (excluding diaryl/α,β-unsaturated/α-hetero) is 2. The van der Waals surface area contributed by atoms with E-state index in [9.17, 15) is 9.59 Å². The highest BCUT2D eigenvalue weighted by atomic mass is 16.5. The summed E-state index contributed by atoms with van der Waals surface area (Å²) in [6.07, 6.45) is -1.19. The molecule has 5 aromatic carbocycles. The van der Waals surface area contributed by atoms with E-state index in [0.717, 1.165) is 11.1 Å². The van der Waals surface area contributed by atoms with Gasteiger partial charge >= 0.3 is 0 Å². The summed E-state index contributed by atoms with van der Waals surface area (Å²) in [5.74, 6) is 0.636. The van der Waals surface area contributed by atoms with E-state index in [2.05, 4.69) is 0 Å². The molecule has 2 atom stereocenters. The van der Waals surface area contributed by atoms with E-state index < -0.39 is 12.2 Å². The molecule has 0 radical (unpaired) electrons. The van der Waals surface area contributed by atoms with Crippen molar-refractivity contribution in [1.82, 2.24) is 0 Å². The molecule has 0 N–H and O–H groups in total. The Kier molecular flexibility index (Phi) is 10.8. The van der Waals surface area contributed by atoms with Crippen LogP contribution in [0.2, 0.25) is 0 Å². The van der Waals surface area contributed by atoms with Gasteiger partial charge in [-0.1, -0.05) is 140 Å². The molecule has 4 heteroatoms. The highest BCUT2D eigenvalue weighted by molar-refractivity contribution is 6.00. The summed E-state index contributed by atoms with van der Waals surface area (Å²) in [6.45, 7) is 3.88. The van der Waals surface area contributed by atoms with Crippen LogP contribution in [0.1, 0.15) is 57.9 Å². The first-order valence-corrected chi connectivity index (χ1v) is 13.7. The van der Waals surface area contributed by atoms with Gasteiger partial charge in [0.1, 0.15) is 11.9 Å². The summed E-state index contributed by atoms with van der Waals surface area (Å²) in [5, 5.41) is 0. The van der Waals surface area contributed by atoms with E-state index in [1.165, 1.54) is 0 Å². The molecule has 41 heavy (non-hydrogen) atoms. The molecule has 0 bridgehead atoms. The van der Waals surface area contributed by atoms with Gasteiger partial charge in [0.05, 0.1) is 6.10 Å². The minimum Gasteiger partial charge on any atom is -0.478 e. The molecule has 0 saturated heterocycles. The van der Waals surface area contributed by atoms with Gasteiger partial charge in [-0.2, -0.15) is 0 Å². The van der Waals surface area contributed by atoms with Crippen molar-refractivity contribution in [3.63, 3.8) is 0 Å². The SMILES string of the molecule is CC(C)OC(C(=O)c1ccccc1)c1ccccc1.O=C(c1ccccc1)C(Oc1ccccc1)c1ccccc1. The molecule has 0 aromatic heterocycles. The summed E-state index contributed by atoms with van der Waals surface area (Å²) in [4.78, 5) is 25.4. The van der Waals surface area contributed by atoms with Crippen LogP contribution in [0.4, 0.5) is 0 Å². The predicted octanol–water partition coefficient (Wildman–Crippen LogP) is 8.73. The Morgan fingerprint density at radius 1 is 0.463 bits per heavy atom. The van der Waals surface area contributed by atoms with Crippen LogP contribution in [0.5, 0.6) is 5.75 Å². The van der Waals surface area contributed by atoms with Crippen LogP contribution in [0.15, 0.2) is 152 Å². The van der Waals surface area contributed by atoms with Gasteiger partial charge in [0.2, 0.25) is 5.78 Å². The van der Waals surface area contributed by atoms with Crippen LogP contribution >= 0.6 is 0 Å². The number of hydrogen-bond acceptors (Lipinski definition) is 4. The number of ether oxygens (including phenoxy) is 2. The number of carbonyl (C=O) groups is 2. The van der Waals surface area contributed by atoms with Crippen molar-refractivity contribution in [3.8, 4) is 5.75 Å². The second kappa shape index (κ2) is 15.1. The molecule has 5 aromatic rings. The van der Waals surface area contributed by atoms with Crippen LogP contribution in [0, 0.1) is 0 Å².